The number of benzene rings is 3. The van der Waals surface area contributed by atoms with Gasteiger partial charge in [-0.2, -0.15) is 0 Å². The lowest BCUT2D eigenvalue weighted by atomic mass is 10.0. The molecule has 6 nitrogen and oxygen atoms in total. The van der Waals surface area contributed by atoms with Crippen molar-refractivity contribution in [1.29, 1.82) is 0 Å². The van der Waals surface area contributed by atoms with Gasteiger partial charge in [0.25, 0.3) is 0 Å². The monoisotopic (exact) mass is 472 g/mol. The second-order valence-electron chi connectivity index (χ2n) is 7.59. The molecule has 176 valence electrons. The van der Waals surface area contributed by atoms with Crippen molar-refractivity contribution in [2.24, 2.45) is 0 Å². The molecule has 7 heteroatoms. The maximum Gasteiger partial charge on any atom is 0.344 e. The van der Waals surface area contributed by atoms with Crippen LogP contribution in [0.4, 0.5) is 0 Å². The smallest absolute Gasteiger partial charge is 0.344 e. The zero-order valence-electron chi connectivity index (χ0n) is 19.0. The van der Waals surface area contributed by atoms with Gasteiger partial charge in [-0.15, -0.1) is 0 Å². The third kappa shape index (κ3) is 6.29. The summed E-state index contributed by atoms with van der Waals surface area (Å²) in [6.45, 7) is 4.33. The maximum atomic E-state index is 12.1. The molecule has 0 radical (unpaired) electrons. The highest BCUT2D eigenvalue weighted by atomic mass is 35.5. The summed E-state index contributed by atoms with van der Waals surface area (Å²) in [6.07, 6.45) is 3.48. The Bertz CT molecular complexity index is 1110. The molecule has 0 aliphatic carbocycles. The fraction of sp³-hybridized carbons (Fsp3) is 0.385. The van der Waals surface area contributed by atoms with Crippen molar-refractivity contribution in [1.82, 2.24) is 0 Å². The molecule has 0 amide bonds. The summed E-state index contributed by atoms with van der Waals surface area (Å²) in [5.74, 6) is 0.102. The summed E-state index contributed by atoms with van der Waals surface area (Å²) < 4.78 is 22.3. The van der Waals surface area contributed by atoms with Gasteiger partial charge in [0.15, 0.2) is 13.2 Å². The number of unbranched alkanes of at least 4 members (excludes halogenated alkanes) is 2. The van der Waals surface area contributed by atoms with Crippen LogP contribution in [0, 0.1) is 0 Å². The molecular formula is C26H29ClO6. The molecule has 0 fully saturated rings. The first-order valence-electron chi connectivity index (χ1n) is 11.3. The average molecular weight is 473 g/mol. The Morgan fingerprint density at radius 3 is 1.82 bits per heavy atom. The van der Waals surface area contributed by atoms with Crippen molar-refractivity contribution in [2.45, 2.75) is 39.5 Å². The van der Waals surface area contributed by atoms with Crippen LogP contribution in [0.3, 0.4) is 0 Å². The van der Waals surface area contributed by atoms with Gasteiger partial charge in [0, 0.05) is 21.5 Å². The summed E-state index contributed by atoms with van der Waals surface area (Å²) in [5, 5.41) is 3.19. The summed E-state index contributed by atoms with van der Waals surface area (Å²) >= 11 is 6.56. The van der Waals surface area contributed by atoms with E-state index in [-0.39, 0.29) is 13.2 Å². The number of carbonyl (C=O) groups is 2. The topological polar surface area (TPSA) is 71.1 Å². The van der Waals surface area contributed by atoms with Gasteiger partial charge in [0.05, 0.1) is 18.2 Å². The van der Waals surface area contributed by atoms with E-state index in [9.17, 15) is 9.59 Å². The van der Waals surface area contributed by atoms with Crippen LogP contribution in [0.15, 0.2) is 42.5 Å². The minimum atomic E-state index is -0.442. The molecule has 0 aromatic heterocycles. The van der Waals surface area contributed by atoms with E-state index < -0.39 is 11.9 Å². The van der Waals surface area contributed by atoms with Crippen molar-refractivity contribution >= 4 is 45.1 Å². The van der Waals surface area contributed by atoms with Gasteiger partial charge in [-0.25, -0.2) is 9.59 Å². The SMILES string of the molecule is CCCCOC(=O)COc1c2ccccc2c(OCC(=O)OCCCC)c2c(Cl)cccc12. The van der Waals surface area contributed by atoms with Crippen molar-refractivity contribution in [2.75, 3.05) is 26.4 Å². The first-order chi connectivity index (χ1) is 16.1. The second kappa shape index (κ2) is 12.3. The number of hydrogen-bond donors (Lipinski definition) is 0. The highest BCUT2D eigenvalue weighted by Crippen LogP contribution is 2.45. The van der Waals surface area contributed by atoms with Gasteiger partial charge < -0.3 is 18.9 Å². The van der Waals surface area contributed by atoms with Gasteiger partial charge in [0.2, 0.25) is 0 Å². The fourth-order valence-corrected chi connectivity index (χ4v) is 3.67. The van der Waals surface area contributed by atoms with E-state index >= 15 is 0 Å². The van der Waals surface area contributed by atoms with Crippen LogP contribution in [0.1, 0.15) is 39.5 Å². The lowest BCUT2D eigenvalue weighted by Gasteiger charge is -2.18. The van der Waals surface area contributed by atoms with Gasteiger partial charge in [-0.1, -0.05) is 74.7 Å². The molecule has 0 saturated heterocycles. The number of halogens is 1. The Labute approximate surface area is 198 Å². The molecule has 0 bridgehead atoms. The molecule has 33 heavy (non-hydrogen) atoms. The number of fused-ring (bicyclic) bond motifs is 2. The normalized spacial score (nSPS) is 10.9. The Hall–Kier alpha value is -2.99. The van der Waals surface area contributed by atoms with Gasteiger partial charge in [-0.3, -0.25) is 0 Å². The number of esters is 2. The van der Waals surface area contributed by atoms with E-state index in [1.165, 1.54) is 0 Å². The molecule has 3 aromatic rings. The van der Waals surface area contributed by atoms with Crippen LogP contribution in [0.2, 0.25) is 5.02 Å². The largest absolute Gasteiger partial charge is 0.481 e. The average Bonchev–Trinajstić information content (AvgIpc) is 2.81. The van der Waals surface area contributed by atoms with Crippen molar-refractivity contribution < 1.29 is 28.5 Å². The number of carbonyl (C=O) groups excluding carboxylic acids is 2. The minimum absolute atomic E-state index is 0.223. The fourth-order valence-electron chi connectivity index (χ4n) is 3.41. The number of hydrogen-bond acceptors (Lipinski definition) is 6. The number of rotatable bonds is 12. The third-order valence-corrected chi connectivity index (χ3v) is 5.41. The van der Waals surface area contributed by atoms with Crippen LogP contribution in [0.5, 0.6) is 11.5 Å². The molecule has 3 aromatic carbocycles. The molecular weight excluding hydrogens is 444 g/mol. The molecule has 0 unspecified atom stereocenters. The molecule has 0 aliphatic rings. The molecule has 3 rings (SSSR count). The summed E-state index contributed by atoms with van der Waals surface area (Å²) in [4.78, 5) is 24.3. The highest BCUT2D eigenvalue weighted by Gasteiger charge is 2.20. The Kier molecular flexibility index (Phi) is 9.19. The predicted molar refractivity (Wildman–Crippen MR) is 129 cm³/mol. The van der Waals surface area contributed by atoms with Gasteiger partial charge >= 0.3 is 11.9 Å². The van der Waals surface area contributed by atoms with E-state index in [1.807, 2.05) is 44.2 Å². The van der Waals surface area contributed by atoms with Crippen LogP contribution in [0.25, 0.3) is 21.5 Å². The predicted octanol–water partition coefficient (Wildman–Crippen LogP) is 6.09. The van der Waals surface area contributed by atoms with Gasteiger partial charge in [-0.05, 0) is 18.9 Å². The van der Waals surface area contributed by atoms with Crippen LogP contribution in [-0.2, 0) is 19.1 Å². The zero-order chi connectivity index (χ0) is 23.6. The summed E-state index contributed by atoms with van der Waals surface area (Å²) in [6, 6.07) is 12.9. The zero-order valence-corrected chi connectivity index (χ0v) is 19.8. The lowest BCUT2D eigenvalue weighted by molar-refractivity contribution is -0.146. The van der Waals surface area contributed by atoms with E-state index in [0.717, 1.165) is 31.1 Å². The first-order valence-corrected chi connectivity index (χ1v) is 11.6. The molecule has 0 spiro atoms. The molecule has 0 N–H and O–H groups in total. The Morgan fingerprint density at radius 2 is 1.24 bits per heavy atom. The maximum absolute atomic E-state index is 12.1. The standard InChI is InChI=1S/C26H29ClO6/c1-3-5-14-30-22(28)16-32-25-18-10-7-8-11-19(18)26(24-20(25)12-9-13-21(24)27)33-17-23(29)31-15-6-4-2/h7-13H,3-6,14-17H2,1-2H3. The molecule has 0 saturated carbocycles. The van der Waals surface area contributed by atoms with Crippen molar-refractivity contribution in [3.8, 4) is 11.5 Å². The summed E-state index contributed by atoms with van der Waals surface area (Å²) in [7, 11) is 0. The molecule has 0 atom stereocenters. The van der Waals surface area contributed by atoms with Crippen LogP contribution < -0.4 is 9.47 Å². The third-order valence-electron chi connectivity index (χ3n) is 5.09. The van der Waals surface area contributed by atoms with Crippen LogP contribution in [-0.4, -0.2) is 38.4 Å². The quantitative estimate of drug-likeness (QED) is 0.180. The molecule has 0 heterocycles. The Balaban J connectivity index is 1.95. The summed E-state index contributed by atoms with van der Waals surface area (Å²) in [5.41, 5.74) is 0. The van der Waals surface area contributed by atoms with Crippen LogP contribution >= 0.6 is 11.6 Å². The van der Waals surface area contributed by atoms with E-state index in [2.05, 4.69) is 0 Å². The van der Waals surface area contributed by atoms with E-state index in [4.69, 9.17) is 30.5 Å². The first kappa shape index (κ1) is 24.6. The highest BCUT2D eigenvalue weighted by molar-refractivity contribution is 6.37. The van der Waals surface area contributed by atoms with E-state index in [0.29, 0.717) is 45.9 Å². The van der Waals surface area contributed by atoms with Crippen molar-refractivity contribution in [3.63, 3.8) is 0 Å². The lowest BCUT2D eigenvalue weighted by Crippen LogP contribution is -2.17. The van der Waals surface area contributed by atoms with E-state index in [1.54, 1.807) is 12.1 Å². The van der Waals surface area contributed by atoms with Crippen molar-refractivity contribution in [3.05, 3.63) is 47.5 Å². The second-order valence-corrected chi connectivity index (χ2v) is 8.00. The molecule has 0 aliphatic heterocycles. The number of ether oxygens (including phenoxy) is 4. The van der Waals surface area contributed by atoms with Gasteiger partial charge in [0.1, 0.15) is 11.5 Å². The Morgan fingerprint density at radius 1 is 0.727 bits per heavy atom. The minimum Gasteiger partial charge on any atom is -0.481 e.